The number of nitro groups is 1. The highest BCUT2D eigenvalue weighted by Gasteiger charge is 2.21. The molecule has 1 aliphatic rings. The Balaban J connectivity index is 1.77. The summed E-state index contributed by atoms with van der Waals surface area (Å²) in [5, 5.41) is 14.3. The lowest BCUT2D eigenvalue weighted by Gasteiger charge is -2.30. The highest BCUT2D eigenvalue weighted by atomic mass is 16.6. The molecule has 2 rings (SSSR count). The van der Waals surface area contributed by atoms with Crippen molar-refractivity contribution in [2.75, 3.05) is 20.6 Å². The quantitative estimate of drug-likeness (QED) is 0.647. The fraction of sp³-hybridized carbons (Fsp3) is 0.625. The van der Waals surface area contributed by atoms with Gasteiger partial charge in [0.25, 0.3) is 5.69 Å². The van der Waals surface area contributed by atoms with Crippen LogP contribution in [0.25, 0.3) is 0 Å². The maximum absolute atomic E-state index is 10.8. The second-order valence-corrected chi connectivity index (χ2v) is 6.29. The average molecular weight is 291 g/mol. The molecule has 5 nitrogen and oxygen atoms in total. The largest absolute Gasteiger partial charge is 0.310 e. The van der Waals surface area contributed by atoms with Crippen molar-refractivity contribution in [3.8, 4) is 0 Å². The van der Waals surface area contributed by atoms with Gasteiger partial charge < -0.3 is 10.2 Å². The van der Waals surface area contributed by atoms with Gasteiger partial charge in [0.2, 0.25) is 0 Å². The lowest BCUT2D eigenvalue weighted by atomic mass is 9.85. The normalized spacial score (nSPS) is 22.4. The van der Waals surface area contributed by atoms with Crippen LogP contribution < -0.4 is 5.32 Å². The number of hydrogen-bond acceptors (Lipinski definition) is 4. The summed E-state index contributed by atoms with van der Waals surface area (Å²) in [5.74, 6) is 0.816. The van der Waals surface area contributed by atoms with Gasteiger partial charge in [-0.25, -0.2) is 0 Å². The molecule has 116 valence electrons. The highest BCUT2D eigenvalue weighted by Crippen LogP contribution is 2.25. The van der Waals surface area contributed by atoms with Gasteiger partial charge in [-0.3, -0.25) is 10.1 Å². The lowest BCUT2D eigenvalue weighted by molar-refractivity contribution is -0.384. The highest BCUT2D eigenvalue weighted by molar-refractivity contribution is 5.34. The van der Waals surface area contributed by atoms with Crippen LogP contribution >= 0.6 is 0 Å². The standard InChI is InChI=1S/C16H25N3O2/c1-18(2)12-13-6-8-15(9-7-13)17-11-14-4-3-5-16(10-14)19(20)21/h3-5,10,13,15,17H,6-9,11-12H2,1-2H3. The average Bonchev–Trinajstić information content (AvgIpc) is 2.46. The smallest absolute Gasteiger partial charge is 0.269 e. The molecule has 1 N–H and O–H groups in total. The van der Waals surface area contributed by atoms with Gasteiger partial charge in [0, 0.05) is 31.3 Å². The molecule has 21 heavy (non-hydrogen) atoms. The molecule has 0 heterocycles. The van der Waals surface area contributed by atoms with Crippen LogP contribution in [0, 0.1) is 16.0 Å². The second-order valence-electron chi connectivity index (χ2n) is 6.29. The van der Waals surface area contributed by atoms with Crippen molar-refractivity contribution >= 4 is 5.69 Å². The van der Waals surface area contributed by atoms with E-state index in [1.165, 1.54) is 38.3 Å². The zero-order valence-electron chi connectivity index (χ0n) is 12.9. The van der Waals surface area contributed by atoms with Crippen LogP contribution in [0.5, 0.6) is 0 Å². The third-order valence-electron chi connectivity index (χ3n) is 4.19. The molecule has 0 spiro atoms. The first kappa shape index (κ1) is 15.9. The van der Waals surface area contributed by atoms with Crippen molar-refractivity contribution < 1.29 is 4.92 Å². The van der Waals surface area contributed by atoms with Gasteiger partial charge in [-0.05, 0) is 51.3 Å². The van der Waals surface area contributed by atoms with E-state index < -0.39 is 0 Å². The van der Waals surface area contributed by atoms with Gasteiger partial charge in [0.1, 0.15) is 0 Å². The molecule has 0 saturated heterocycles. The summed E-state index contributed by atoms with van der Waals surface area (Å²) in [6.07, 6.45) is 4.94. The van der Waals surface area contributed by atoms with Gasteiger partial charge in [-0.2, -0.15) is 0 Å². The van der Waals surface area contributed by atoms with Crippen LogP contribution in [-0.2, 0) is 6.54 Å². The van der Waals surface area contributed by atoms with E-state index in [1.807, 2.05) is 6.07 Å². The van der Waals surface area contributed by atoms with Crippen molar-refractivity contribution in [3.05, 3.63) is 39.9 Å². The number of nitrogens with zero attached hydrogens (tertiary/aromatic N) is 2. The Labute approximate surface area is 126 Å². The van der Waals surface area contributed by atoms with Crippen LogP contribution in [-0.4, -0.2) is 36.5 Å². The predicted octanol–water partition coefficient (Wildman–Crippen LogP) is 2.80. The summed E-state index contributed by atoms with van der Waals surface area (Å²) in [4.78, 5) is 12.7. The van der Waals surface area contributed by atoms with Crippen molar-refractivity contribution in [1.29, 1.82) is 0 Å². The topological polar surface area (TPSA) is 58.4 Å². The van der Waals surface area contributed by atoms with E-state index >= 15 is 0 Å². The first-order chi connectivity index (χ1) is 10.0. The summed E-state index contributed by atoms with van der Waals surface area (Å²) < 4.78 is 0. The Morgan fingerprint density at radius 1 is 1.29 bits per heavy atom. The molecule has 0 aromatic heterocycles. The van der Waals surface area contributed by atoms with Crippen LogP contribution in [0.4, 0.5) is 5.69 Å². The summed E-state index contributed by atoms with van der Waals surface area (Å²) >= 11 is 0. The first-order valence-corrected chi connectivity index (χ1v) is 7.66. The molecule has 0 amide bonds. The van der Waals surface area contributed by atoms with Gasteiger partial charge in [-0.1, -0.05) is 12.1 Å². The maximum Gasteiger partial charge on any atom is 0.269 e. The Bertz CT molecular complexity index is 468. The number of nitrogens with one attached hydrogen (secondary N) is 1. The van der Waals surface area contributed by atoms with Crippen molar-refractivity contribution in [3.63, 3.8) is 0 Å². The molecule has 1 aromatic rings. The molecule has 0 unspecified atom stereocenters. The summed E-state index contributed by atoms with van der Waals surface area (Å²) in [7, 11) is 4.26. The fourth-order valence-electron chi connectivity index (χ4n) is 3.11. The lowest BCUT2D eigenvalue weighted by Crippen LogP contribution is -2.35. The number of nitro benzene ring substituents is 1. The summed E-state index contributed by atoms with van der Waals surface area (Å²) in [6, 6.07) is 7.43. The number of hydrogen-bond donors (Lipinski definition) is 1. The molecule has 0 bridgehead atoms. The van der Waals surface area contributed by atoms with Gasteiger partial charge in [0.15, 0.2) is 0 Å². The molecule has 1 aromatic carbocycles. The van der Waals surface area contributed by atoms with Gasteiger partial charge in [0.05, 0.1) is 4.92 Å². The Hall–Kier alpha value is -1.46. The van der Waals surface area contributed by atoms with Crippen molar-refractivity contribution in [1.82, 2.24) is 10.2 Å². The minimum atomic E-state index is -0.337. The van der Waals surface area contributed by atoms with E-state index in [4.69, 9.17) is 0 Å². The fourth-order valence-corrected chi connectivity index (χ4v) is 3.11. The zero-order valence-corrected chi connectivity index (χ0v) is 12.9. The predicted molar refractivity (Wildman–Crippen MR) is 84.2 cm³/mol. The molecular formula is C16H25N3O2. The molecule has 5 heteroatoms. The molecule has 1 saturated carbocycles. The molecule has 1 aliphatic carbocycles. The molecule has 0 atom stereocenters. The summed E-state index contributed by atoms with van der Waals surface area (Å²) in [6.45, 7) is 1.89. The van der Waals surface area contributed by atoms with Crippen LogP contribution in [0.3, 0.4) is 0 Å². The van der Waals surface area contributed by atoms with E-state index in [0.29, 0.717) is 12.6 Å². The molecule has 1 fully saturated rings. The Morgan fingerprint density at radius 2 is 2.00 bits per heavy atom. The minimum Gasteiger partial charge on any atom is -0.310 e. The molecule has 0 radical (unpaired) electrons. The van der Waals surface area contributed by atoms with Gasteiger partial charge in [-0.15, -0.1) is 0 Å². The van der Waals surface area contributed by atoms with E-state index in [2.05, 4.69) is 24.3 Å². The van der Waals surface area contributed by atoms with Crippen LogP contribution in [0.2, 0.25) is 0 Å². The summed E-state index contributed by atoms with van der Waals surface area (Å²) in [5.41, 5.74) is 1.16. The SMILES string of the molecule is CN(C)CC1CCC(NCc2cccc([N+](=O)[O-])c2)CC1. The van der Waals surface area contributed by atoms with E-state index in [1.54, 1.807) is 12.1 Å². The Morgan fingerprint density at radius 3 is 2.62 bits per heavy atom. The number of rotatable bonds is 6. The minimum absolute atomic E-state index is 0.170. The third-order valence-corrected chi connectivity index (χ3v) is 4.19. The monoisotopic (exact) mass is 291 g/mol. The Kier molecular flexibility index (Phi) is 5.70. The van der Waals surface area contributed by atoms with Crippen LogP contribution in [0.15, 0.2) is 24.3 Å². The maximum atomic E-state index is 10.8. The van der Waals surface area contributed by atoms with Crippen LogP contribution in [0.1, 0.15) is 31.2 Å². The number of non-ortho nitro benzene ring substituents is 1. The zero-order chi connectivity index (χ0) is 15.2. The van der Waals surface area contributed by atoms with E-state index in [9.17, 15) is 10.1 Å². The molecular weight excluding hydrogens is 266 g/mol. The third kappa shape index (κ3) is 5.10. The molecule has 0 aliphatic heterocycles. The van der Waals surface area contributed by atoms with Crippen molar-refractivity contribution in [2.24, 2.45) is 5.92 Å². The van der Waals surface area contributed by atoms with E-state index in [-0.39, 0.29) is 10.6 Å². The number of benzene rings is 1. The second kappa shape index (κ2) is 7.52. The first-order valence-electron chi connectivity index (χ1n) is 7.66. The van der Waals surface area contributed by atoms with Gasteiger partial charge >= 0.3 is 0 Å². The van der Waals surface area contributed by atoms with E-state index in [0.717, 1.165) is 11.5 Å². The van der Waals surface area contributed by atoms with Crippen molar-refractivity contribution in [2.45, 2.75) is 38.3 Å².